The van der Waals surface area contributed by atoms with Crippen LogP contribution in [0.5, 0.6) is 0 Å². The van der Waals surface area contributed by atoms with E-state index in [1.54, 1.807) is 0 Å². The van der Waals surface area contributed by atoms with Gasteiger partial charge in [-0.15, -0.1) is 0 Å². The molecule has 0 unspecified atom stereocenters. The Morgan fingerprint density at radius 2 is 1.51 bits per heavy atom. The Morgan fingerprint density at radius 1 is 0.927 bits per heavy atom. The van der Waals surface area contributed by atoms with Gasteiger partial charge in [-0.2, -0.15) is 0 Å². The molecule has 0 bridgehead atoms. The molecule has 0 N–H and O–H groups in total. The summed E-state index contributed by atoms with van der Waals surface area (Å²) in [5.74, 6) is 0.943. The molecule has 0 spiro atoms. The van der Waals surface area contributed by atoms with E-state index >= 15 is 0 Å². The normalized spacial score (nSPS) is 21.1. The average Bonchev–Trinajstić information content (AvgIpc) is 2.92. The third kappa shape index (κ3) is 8.79. The van der Waals surface area contributed by atoms with Crippen LogP contribution >= 0.6 is 0 Å². The van der Waals surface area contributed by atoms with Gasteiger partial charge in [0.15, 0.2) is 0 Å². The minimum atomic E-state index is -1.98. The molecule has 3 rings (SSSR count). The van der Waals surface area contributed by atoms with Crippen LogP contribution in [0.3, 0.4) is 0 Å². The van der Waals surface area contributed by atoms with Crippen LogP contribution in [0.1, 0.15) is 79.2 Å². The Balaban J connectivity index is 1.88. The molecule has 1 aliphatic rings. The van der Waals surface area contributed by atoms with E-state index in [0.29, 0.717) is 31.3 Å². The fourth-order valence-corrected chi connectivity index (χ4v) is 9.19. The van der Waals surface area contributed by atoms with E-state index in [2.05, 4.69) is 121 Å². The third-order valence-electron chi connectivity index (χ3n) is 9.58. The molecular formula is C35H50N2O2SeSi. The van der Waals surface area contributed by atoms with Gasteiger partial charge in [0.1, 0.15) is 0 Å². The molecular weight excluding hydrogens is 587 g/mol. The van der Waals surface area contributed by atoms with Gasteiger partial charge in [-0.3, -0.25) is 0 Å². The van der Waals surface area contributed by atoms with Crippen molar-refractivity contribution in [2.24, 2.45) is 17.3 Å². The maximum absolute atomic E-state index is 10.4. The Bertz CT molecular complexity index is 1170. The zero-order valence-corrected chi connectivity index (χ0v) is 29.2. The molecule has 0 aromatic heterocycles. The van der Waals surface area contributed by atoms with Crippen molar-refractivity contribution in [3.05, 3.63) is 66.2 Å². The van der Waals surface area contributed by atoms with E-state index < -0.39 is 13.7 Å². The standard InChI is InChI=1S/C35H50N2O2SeSi/c1-27-19-20-30(34(5,6)28-15-11-9-12-16-28)31(23-27)39-32(40-29-17-13-10-14-18-29)24-35(25-36,26-37)21-22-38-41(7,8)33(2,3)4/h9-18,27,30-32H,19-24H2,1-8H3/t27-,30-,31-,32+/m1/s1. The van der Waals surface area contributed by atoms with Crippen LogP contribution in [0.25, 0.3) is 0 Å². The number of nitriles is 2. The summed E-state index contributed by atoms with van der Waals surface area (Å²) in [4.78, 5) is 0. The van der Waals surface area contributed by atoms with Gasteiger partial charge < -0.3 is 0 Å². The monoisotopic (exact) mass is 638 g/mol. The van der Waals surface area contributed by atoms with Gasteiger partial charge in [0.2, 0.25) is 0 Å². The molecule has 4 nitrogen and oxygen atoms in total. The summed E-state index contributed by atoms with van der Waals surface area (Å²) < 4.78 is 14.8. The van der Waals surface area contributed by atoms with Crippen LogP contribution in [0.2, 0.25) is 18.1 Å². The Kier molecular flexibility index (Phi) is 11.5. The zero-order valence-electron chi connectivity index (χ0n) is 26.4. The molecule has 1 aliphatic carbocycles. The summed E-state index contributed by atoms with van der Waals surface area (Å²) in [5.41, 5.74) is 0.146. The first-order valence-electron chi connectivity index (χ1n) is 15.1. The van der Waals surface area contributed by atoms with Crippen molar-refractivity contribution in [1.29, 1.82) is 10.5 Å². The van der Waals surface area contributed by atoms with Gasteiger partial charge in [0.25, 0.3) is 0 Å². The van der Waals surface area contributed by atoms with E-state index in [-0.39, 0.29) is 36.5 Å². The van der Waals surface area contributed by atoms with Crippen LogP contribution < -0.4 is 4.46 Å². The molecule has 2 aromatic carbocycles. The zero-order chi connectivity index (χ0) is 30.3. The third-order valence-corrected chi connectivity index (χ3v) is 16.4. The van der Waals surface area contributed by atoms with Crippen molar-refractivity contribution < 1.29 is 9.16 Å². The first-order valence-corrected chi connectivity index (χ1v) is 19.9. The summed E-state index contributed by atoms with van der Waals surface area (Å²) in [5, 5.41) is 20.7. The maximum atomic E-state index is 10.4. The summed E-state index contributed by atoms with van der Waals surface area (Å²) in [6.45, 7) is 18.5. The summed E-state index contributed by atoms with van der Waals surface area (Å²) in [6.07, 6.45) is 4.18. The van der Waals surface area contributed by atoms with Crippen molar-refractivity contribution in [1.82, 2.24) is 0 Å². The van der Waals surface area contributed by atoms with Crippen molar-refractivity contribution in [3.8, 4) is 12.1 Å². The van der Waals surface area contributed by atoms with Crippen LogP contribution in [-0.4, -0.2) is 41.0 Å². The number of nitrogens with zero attached hydrogens (tertiary/aromatic N) is 2. The molecule has 6 heteroatoms. The summed E-state index contributed by atoms with van der Waals surface area (Å²) >= 11 is -0.0391. The predicted molar refractivity (Wildman–Crippen MR) is 173 cm³/mol. The summed E-state index contributed by atoms with van der Waals surface area (Å²) in [6, 6.07) is 26.1. The van der Waals surface area contributed by atoms with E-state index in [1.165, 1.54) is 16.4 Å². The number of hydrogen-bond acceptors (Lipinski definition) is 4. The quantitative estimate of drug-likeness (QED) is 0.222. The van der Waals surface area contributed by atoms with Gasteiger partial charge in [-0.1, -0.05) is 0 Å². The van der Waals surface area contributed by atoms with Gasteiger partial charge in [0.05, 0.1) is 0 Å². The second-order valence-corrected chi connectivity index (χ2v) is 21.4. The fraction of sp³-hybridized carbons (Fsp3) is 0.600. The fourth-order valence-electron chi connectivity index (χ4n) is 5.66. The minimum absolute atomic E-state index is 0.0391. The molecule has 41 heavy (non-hydrogen) atoms. The van der Waals surface area contributed by atoms with E-state index in [4.69, 9.17) is 9.16 Å². The first-order chi connectivity index (χ1) is 19.2. The van der Waals surface area contributed by atoms with Gasteiger partial charge in [-0.05, 0) is 0 Å². The van der Waals surface area contributed by atoms with Gasteiger partial charge in [0, 0.05) is 0 Å². The van der Waals surface area contributed by atoms with Crippen molar-refractivity contribution in [2.45, 2.75) is 108 Å². The number of hydrogen-bond donors (Lipinski definition) is 0. The van der Waals surface area contributed by atoms with Crippen molar-refractivity contribution in [3.63, 3.8) is 0 Å². The molecule has 2 aromatic rings. The van der Waals surface area contributed by atoms with Crippen molar-refractivity contribution in [2.75, 3.05) is 6.61 Å². The average molecular weight is 638 g/mol. The first kappa shape index (κ1) is 33.6. The SMILES string of the molecule is C[C@@H]1CC[C@@H](C(C)(C)c2ccccc2)[C@H](O[C@H](CC(C#N)(C#N)CCO[Si](C)(C)C(C)(C)C)[Se]c2ccccc2)C1. The van der Waals surface area contributed by atoms with E-state index in [1.807, 2.05) is 6.07 Å². The Morgan fingerprint density at radius 3 is 2.07 bits per heavy atom. The van der Waals surface area contributed by atoms with Crippen LogP contribution in [0, 0.1) is 39.9 Å². The second-order valence-electron chi connectivity index (χ2n) is 14.0. The molecule has 0 radical (unpaired) electrons. The van der Waals surface area contributed by atoms with E-state index in [9.17, 15) is 10.5 Å². The number of benzene rings is 2. The predicted octanol–water partition coefficient (Wildman–Crippen LogP) is 7.98. The molecule has 1 fully saturated rings. The van der Waals surface area contributed by atoms with Crippen molar-refractivity contribution >= 4 is 27.7 Å². The van der Waals surface area contributed by atoms with E-state index in [0.717, 1.165) is 12.8 Å². The van der Waals surface area contributed by atoms with Crippen LogP contribution in [0.4, 0.5) is 0 Å². The summed E-state index contributed by atoms with van der Waals surface area (Å²) in [7, 11) is -1.98. The number of rotatable bonds is 12. The van der Waals surface area contributed by atoms with Crippen LogP contribution in [0.15, 0.2) is 60.7 Å². The number of ether oxygens (including phenoxy) is 1. The second kappa shape index (κ2) is 14.0. The molecule has 222 valence electrons. The molecule has 0 saturated heterocycles. The molecule has 1 saturated carbocycles. The molecule has 0 amide bonds. The molecule has 0 heterocycles. The Labute approximate surface area is 257 Å². The Hall–Kier alpha value is -1.92. The van der Waals surface area contributed by atoms with Crippen LogP contribution in [-0.2, 0) is 14.6 Å². The molecule has 4 atom stereocenters. The topological polar surface area (TPSA) is 66.0 Å². The van der Waals surface area contributed by atoms with Gasteiger partial charge in [-0.25, -0.2) is 0 Å². The van der Waals surface area contributed by atoms with Gasteiger partial charge >= 0.3 is 258 Å². The molecule has 0 aliphatic heterocycles.